The molecule has 2 rings (SSSR count). The Morgan fingerprint density at radius 3 is 2.33 bits per heavy atom. The highest BCUT2D eigenvalue weighted by molar-refractivity contribution is 5.94. The zero-order chi connectivity index (χ0) is 22.1. The molecular weight excluding hydrogens is 393 g/mol. The average molecular weight is 425 g/mol. The third kappa shape index (κ3) is 7.34. The molecule has 1 aliphatic rings. The lowest BCUT2D eigenvalue weighted by Gasteiger charge is -2.24. The van der Waals surface area contributed by atoms with Crippen LogP contribution < -0.4 is 5.32 Å². The first kappa shape index (κ1) is 24.2. The molecule has 168 valence electrons. The summed E-state index contributed by atoms with van der Waals surface area (Å²) in [5.41, 5.74) is -0.00125. The standard InChI is InChI=1S/C22H32FNO6/c23-16-8-5-6-9-17(16)24-22(30)18(25)12-11-15-14(19(26)13-20(15)27)7-3-1-2-4-10-21(28)29/h5-6,8-9,14-15,18-20,25-27H,1-4,7,10-13H2,(H,24,30)(H,28,29)/t14-,15?,18?,19+,20-/m1/s1. The third-order valence-corrected chi connectivity index (χ3v) is 5.91. The van der Waals surface area contributed by atoms with E-state index in [0.717, 1.165) is 19.3 Å². The van der Waals surface area contributed by atoms with Crippen LogP contribution in [0.25, 0.3) is 0 Å². The van der Waals surface area contributed by atoms with Crippen molar-refractivity contribution < 1.29 is 34.4 Å². The summed E-state index contributed by atoms with van der Waals surface area (Å²) in [6.07, 6.45) is 2.03. The highest BCUT2D eigenvalue weighted by Gasteiger charge is 2.41. The lowest BCUT2D eigenvalue weighted by Crippen LogP contribution is -2.30. The second-order valence-electron chi connectivity index (χ2n) is 8.11. The van der Waals surface area contributed by atoms with E-state index >= 15 is 0 Å². The van der Waals surface area contributed by atoms with Crippen LogP contribution >= 0.6 is 0 Å². The van der Waals surface area contributed by atoms with Gasteiger partial charge in [0.25, 0.3) is 5.91 Å². The molecule has 1 aliphatic carbocycles. The first-order chi connectivity index (χ1) is 14.3. The van der Waals surface area contributed by atoms with Gasteiger partial charge in [-0.25, -0.2) is 4.39 Å². The number of unbranched alkanes of at least 4 members (excludes halogenated alkanes) is 3. The minimum Gasteiger partial charge on any atom is -0.481 e. The monoisotopic (exact) mass is 425 g/mol. The Bertz CT molecular complexity index is 700. The van der Waals surface area contributed by atoms with E-state index in [1.807, 2.05) is 0 Å². The van der Waals surface area contributed by atoms with E-state index in [2.05, 4.69) is 5.32 Å². The number of hydrogen-bond acceptors (Lipinski definition) is 5. The van der Waals surface area contributed by atoms with Gasteiger partial charge < -0.3 is 25.7 Å². The van der Waals surface area contributed by atoms with Gasteiger partial charge in [0.15, 0.2) is 0 Å². The van der Waals surface area contributed by atoms with Crippen LogP contribution in [0.5, 0.6) is 0 Å². The summed E-state index contributed by atoms with van der Waals surface area (Å²) < 4.78 is 13.6. The smallest absolute Gasteiger partial charge is 0.303 e. The fourth-order valence-corrected chi connectivity index (χ4v) is 4.25. The molecule has 7 nitrogen and oxygen atoms in total. The maximum Gasteiger partial charge on any atom is 0.303 e. The lowest BCUT2D eigenvalue weighted by atomic mass is 9.85. The Morgan fingerprint density at radius 2 is 1.67 bits per heavy atom. The minimum absolute atomic E-state index is 0.00125. The normalized spacial score (nSPS) is 24.5. The fourth-order valence-electron chi connectivity index (χ4n) is 4.25. The Hall–Kier alpha value is -2.03. The fraction of sp³-hybridized carbons (Fsp3) is 0.636. The maximum absolute atomic E-state index is 13.6. The Morgan fingerprint density at radius 1 is 1.03 bits per heavy atom. The van der Waals surface area contributed by atoms with Gasteiger partial charge in [-0.1, -0.05) is 31.4 Å². The quantitative estimate of drug-likeness (QED) is 0.328. The second kappa shape index (κ2) is 12.0. The predicted octanol–water partition coefficient (Wildman–Crippen LogP) is 2.69. The van der Waals surface area contributed by atoms with E-state index in [-0.39, 0.29) is 36.8 Å². The van der Waals surface area contributed by atoms with Crippen LogP contribution in [0.15, 0.2) is 24.3 Å². The van der Waals surface area contributed by atoms with Crippen molar-refractivity contribution in [2.24, 2.45) is 11.8 Å². The number of carboxylic acid groups (broad SMARTS) is 1. The molecule has 0 bridgehead atoms. The number of aliphatic carboxylic acids is 1. The third-order valence-electron chi connectivity index (χ3n) is 5.91. The largest absolute Gasteiger partial charge is 0.481 e. The van der Waals surface area contributed by atoms with Crippen LogP contribution in [0.2, 0.25) is 0 Å². The van der Waals surface area contributed by atoms with Crippen molar-refractivity contribution in [3.05, 3.63) is 30.1 Å². The summed E-state index contributed by atoms with van der Waals surface area (Å²) >= 11 is 0. The molecule has 5 N–H and O–H groups in total. The first-order valence-corrected chi connectivity index (χ1v) is 10.6. The van der Waals surface area contributed by atoms with E-state index in [1.54, 1.807) is 6.07 Å². The molecule has 1 aromatic rings. The molecule has 30 heavy (non-hydrogen) atoms. The summed E-state index contributed by atoms with van der Waals surface area (Å²) in [4.78, 5) is 22.7. The molecule has 0 heterocycles. The molecule has 1 aromatic carbocycles. The number of para-hydroxylation sites is 1. The van der Waals surface area contributed by atoms with E-state index < -0.39 is 36.0 Å². The maximum atomic E-state index is 13.6. The zero-order valence-electron chi connectivity index (χ0n) is 17.0. The number of aliphatic hydroxyl groups excluding tert-OH is 3. The molecule has 8 heteroatoms. The van der Waals surface area contributed by atoms with Crippen LogP contribution in [-0.4, -0.2) is 50.6 Å². The number of aliphatic hydroxyl groups is 3. The van der Waals surface area contributed by atoms with Crippen LogP contribution in [0.3, 0.4) is 0 Å². The number of carboxylic acids is 1. The lowest BCUT2D eigenvalue weighted by molar-refractivity contribution is -0.137. The predicted molar refractivity (Wildman–Crippen MR) is 109 cm³/mol. The molecule has 0 aliphatic heterocycles. The van der Waals surface area contributed by atoms with Crippen LogP contribution in [0.1, 0.15) is 57.8 Å². The number of halogens is 1. The molecule has 0 radical (unpaired) electrons. The van der Waals surface area contributed by atoms with Crippen molar-refractivity contribution in [1.82, 2.24) is 0 Å². The van der Waals surface area contributed by atoms with Gasteiger partial charge in [-0.15, -0.1) is 0 Å². The van der Waals surface area contributed by atoms with Gasteiger partial charge in [-0.05, 0) is 56.1 Å². The van der Waals surface area contributed by atoms with Gasteiger partial charge >= 0.3 is 5.97 Å². The molecule has 1 amide bonds. The SMILES string of the molecule is O=C(O)CCCCCC[C@@H]1C(CCC(O)C(=O)Nc2ccccc2F)[C@H](O)C[C@@H]1O. The summed E-state index contributed by atoms with van der Waals surface area (Å²) in [6, 6.07) is 5.70. The molecule has 1 saturated carbocycles. The van der Waals surface area contributed by atoms with Gasteiger partial charge in [-0.3, -0.25) is 9.59 Å². The summed E-state index contributed by atoms with van der Waals surface area (Å²) in [5, 5.41) is 41.8. The van der Waals surface area contributed by atoms with Crippen molar-refractivity contribution in [1.29, 1.82) is 0 Å². The average Bonchev–Trinajstić information content (AvgIpc) is 2.96. The number of benzene rings is 1. The van der Waals surface area contributed by atoms with E-state index in [1.165, 1.54) is 18.2 Å². The highest BCUT2D eigenvalue weighted by Crippen LogP contribution is 2.39. The van der Waals surface area contributed by atoms with Crippen molar-refractivity contribution in [2.45, 2.75) is 76.1 Å². The Balaban J connectivity index is 1.78. The van der Waals surface area contributed by atoms with Crippen LogP contribution in [-0.2, 0) is 9.59 Å². The Labute approximate surface area is 175 Å². The number of rotatable bonds is 12. The second-order valence-corrected chi connectivity index (χ2v) is 8.11. The topological polar surface area (TPSA) is 127 Å². The van der Waals surface area contributed by atoms with Gasteiger partial charge in [0.05, 0.1) is 17.9 Å². The van der Waals surface area contributed by atoms with Gasteiger partial charge in [-0.2, -0.15) is 0 Å². The van der Waals surface area contributed by atoms with Gasteiger partial charge in [0.1, 0.15) is 11.9 Å². The van der Waals surface area contributed by atoms with Crippen molar-refractivity contribution in [2.75, 3.05) is 5.32 Å². The van der Waals surface area contributed by atoms with E-state index in [4.69, 9.17) is 5.11 Å². The van der Waals surface area contributed by atoms with Crippen molar-refractivity contribution >= 4 is 17.6 Å². The zero-order valence-corrected chi connectivity index (χ0v) is 17.0. The van der Waals surface area contributed by atoms with Crippen LogP contribution in [0, 0.1) is 17.7 Å². The van der Waals surface area contributed by atoms with E-state index in [0.29, 0.717) is 19.3 Å². The summed E-state index contributed by atoms with van der Waals surface area (Å²) in [7, 11) is 0. The summed E-state index contributed by atoms with van der Waals surface area (Å²) in [5.74, 6) is -2.45. The summed E-state index contributed by atoms with van der Waals surface area (Å²) in [6.45, 7) is 0. The van der Waals surface area contributed by atoms with Crippen molar-refractivity contribution in [3.63, 3.8) is 0 Å². The molecule has 2 unspecified atom stereocenters. The number of nitrogens with one attached hydrogen (secondary N) is 1. The molecule has 5 atom stereocenters. The molecule has 0 spiro atoms. The number of anilines is 1. The minimum atomic E-state index is -1.34. The molecule has 1 fully saturated rings. The molecule has 0 saturated heterocycles. The molecular formula is C22H32FNO6. The van der Waals surface area contributed by atoms with Crippen LogP contribution in [0.4, 0.5) is 10.1 Å². The number of carbonyl (C=O) groups excluding carboxylic acids is 1. The highest BCUT2D eigenvalue weighted by atomic mass is 19.1. The Kier molecular flexibility index (Phi) is 9.68. The van der Waals surface area contributed by atoms with Gasteiger partial charge in [0.2, 0.25) is 0 Å². The molecule has 0 aromatic heterocycles. The van der Waals surface area contributed by atoms with Gasteiger partial charge in [0, 0.05) is 6.42 Å². The number of amides is 1. The van der Waals surface area contributed by atoms with E-state index in [9.17, 15) is 29.3 Å². The van der Waals surface area contributed by atoms with Crippen molar-refractivity contribution in [3.8, 4) is 0 Å². The first-order valence-electron chi connectivity index (χ1n) is 10.6. The number of carbonyl (C=O) groups is 2. The number of hydrogen-bond donors (Lipinski definition) is 5.